The lowest BCUT2D eigenvalue weighted by Gasteiger charge is -2.44. The summed E-state index contributed by atoms with van der Waals surface area (Å²) >= 11 is 0. The zero-order chi connectivity index (χ0) is 34.5. The molecule has 2 N–H and O–H groups in total. The Balaban J connectivity index is 2.56. The molecule has 1 aliphatic rings. The lowest BCUT2D eigenvalue weighted by molar-refractivity contribution is -0.296. The molecule has 0 amide bonds. The molecule has 0 aromatic carbocycles. The van der Waals surface area contributed by atoms with Crippen molar-refractivity contribution in [1.29, 1.82) is 0 Å². The van der Waals surface area contributed by atoms with Gasteiger partial charge in [0.25, 0.3) is 0 Å². The third kappa shape index (κ3) is 18.9. The summed E-state index contributed by atoms with van der Waals surface area (Å²) < 4.78 is 57.3. The molecule has 0 bridgehead atoms. The minimum absolute atomic E-state index is 0.0540. The highest BCUT2D eigenvalue weighted by atomic mass is 31.2. The van der Waals surface area contributed by atoms with E-state index in [2.05, 4.69) is 11.4 Å². The van der Waals surface area contributed by atoms with Gasteiger partial charge < -0.3 is 33.5 Å². The number of phosphoric acid groups is 1. The molecule has 46 heavy (non-hydrogen) atoms. The number of carbonyl (C=O) groups is 4. The van der Waals surface area contributed by atoms with Gasteiger partial charge in [0.05, 0.1) is 0 Å². The SMILES string of the molecule is CCCCCCCCCCCCCCCCCC(=O)OCC(F)[C@H]1O[C@@H](OP(=O)(O)O)[C@@H](OC(C)=O)[C@@H](OC(C)=O)[C@@H]1OC(C)=O. The summed E-state index contributed by atoms with van der Waals surface area (Å²) in [6.07, 6.45) is 5.93. The Labute approximate surface area is 271 Å². The van der Waals surface area contributed by atoms with Crippen LogP contribution in [0.4, 0.5) is 4.39 Å². The molecule has 1 heterocycles. The number of ether oxygens (including phenoxy) is 5. The van der Waals surface area contributed by atoms with E-state index in [4.69, 9.17) is 23.7 Å². The second-order valence-corrected chi connectivity index (χ2v) is 12.9. The van der Waals surface area contributed by atoms with Gasteiger partial charge in [0, 0.05) is 27.2 Å². The molecule has 0 aromatic heterocycles. The molecule has 0 saturated carbocycles. The number of hydrogen-bond acceptors (Lipinski definition) is 11. The minimum atomic E-state index is -5.32. The van der Waals surface area contributed by atoms with Crippen molar-refractivity contribution in [3.05, 3.63) is 0 Å². The van der Waals surface area contributed by atoms with E-state index in [-0.39, 0.29) is 6.42 Å². The molecule has 1 rings (SSSR count). The summed E-state index contributed by atoms with van der Waals surface area (Å²) in [6.45, 7) is 4.25. The first kappa shape index (κ1) is 41.9. The van der Waals surface area contributed by atoms with Crippen molar-refractivity contribution >= 4 is 31.7 Å². The van der Waals surface area contributed by atoms with Gasteiger partial charge in [0.15, 0.2) is 24.5 Å². The largest absolute Gasteiger partial charge is 0.472 e. The number of carbonyl (C=O) groups excluding carboxylic acids is 4. The van der Waals surface area contributed by atoms with Crippen LogP contribution < -0.4 is 0 Å². The molecular formula is C31H54FO13P. The molecule has 1 fully saturated rings. The van der Waals surface area contributed by atoms with E-state index < -0.39 is 75.2 Å². The van der Waals surface area contributed by atoms with Crippen LogP contribution in [0.5, 0.6) is 0 Å². The highest BCUT2D eigenvalue weighted by Gasteiger charge is 2.56. The smallest absolute Gasteiger partial charge is 0.462 e. The Hall–Kier alpha value is -2.12. The van der Waals surface area contributed by atoms with Crippen molar-refractivity contribution in [3.8, 4) is 0 Å². The van der Waals surface area contributed by atoms with Crippen LogP contribution in [0.1, 0.15) is 130 Å². The van der Waals surface area contributed by atoms with Crippen molar-refractivity contribution in [2.75, 3.05) is 6.61 Å². The number of halogens is 1. The lowest BCUT2D eigenvalue weighted by atomic mass is 9.95. The van der Waals surface area contributed by atoms with Gasteiger partial charge in [-0.15, -0.1) is 0 Å². The van der Waals surface area contributed by atoms with E-state index in [1.807, 2.05) is 0 Å². The predicted molar refractivity (Wildman–Crippen MR) is 164 cm³/mol. The molecule has 1 unspecified atom stereocenters. The first-order chi connectivity index (χ1) is 21.7. The molecule has 0 aliphatic carbocycles. The zero-order valence-electron chi connectivity index (χ0n) is 27.7. The van der Waals surface area contributed by atoms with Gasteiger partial charge in [-0.3, -0.25) is 23.7 Å². The van der Waals surface area contributed by atoms with Crippen molar-refractivity contribution in [3.63, 3.8) is 0 Å². The number of hydrogen-bond donors (Lipinski definition) is 2. The maximum Gasteiger partial charge on any atom is 0.472 e. The topological polar surface area (TPSA) is 181 Å². The molecule has 0 aromatic rings. The number of alkyl halides is 1. The van der Waals surface area contributed by atoms with Crippen molar-refractivity contribution in [2.45, 2.75) is 167 Å². The van der Waals surface area contributed by atoms with Gasteiger partial charge >= 0.3 is 31.7 Å². The third-order valence-electron chi connectivity index (χ3n) is 7.42. The van der Waals surface area contributed by atoms with Crippen LogP contribution in [-0.2, 0) is 52.0 Å². The number of unbranched alkanes of at least 4 members (excludes halogenated alkanes) is 14. The molecular weight excluding hydrogens is 630 g/mol. The van der Waals surface area contributed by atoms with Gasteiger partial charge in [-0.25, -0.2) is 8.96 Å². The molecule has 0 spiro atoms. The molecule has 6 atom stereocenters. The summed E-state index contributed by atoms with van der Waals surface area (Å²) in [5.74, 6) is -3.59. The van der Waals surface area contributed by atoms with Crippen LogP contribution in [0.25, 0.3) is 0 Å². The van der Waals surface area contributed by atoms with E-state index in [9.17, 15) is 33.5 Å². The Kier molecular flexibility index (Phi) is 21.2. The summed E-state index contributed by atoms with van der Waals surface area (Å²) in [6, 6.07) is 0. The van der Waals surface area contributed by atoms with Crippen LogP contribution in [0, 0.1) is 0 Å². The Bertz CT molecular complexity index is 959. The molecule has 1 aliphatic heterocycles. The summed E-state index contributed by atoms with van der Waals surface area (Å²) in [5, 5.41) is 0. The van der Waals surface area contributed by atoms with Crippen LogP contribution in [-0.4, -0.2) is 77.1 Å². The zero-order valence-corrected chi connectivity index (χ0v) is 28.6. The molecule has 1 saturated heterocycles. The van der Waals surface area contributed by atoms with Gasteiger partial charge in [0.1, 0.15) is 12.7 Å². The predicted octanol–water partition coefficient (Wildman–Crippen LogP) is 5.76. The van der Waals surface area contributed by atoms with E-state index >= 15 is 4.39 Å². The van der Waals surface area contributed by atoms with Gasteiger partial charge in [-0.2, -0.15) is 0 Å². The van der Waals surface area contributed by atoms with E-state index in [1.165, 1.54) is 64.2 Å². The number of rotatable bonds is 24. The van der Waals surface area contributed by atoms with E-state index in [1.54, 1.807) is 0 Å². The quantitative estimate of drug-likeness (QED) is 0.0543. The minimum Gasteiger partial charge on any atom is -0.462 e. The fourth-order valence-corrected chi connectivity index (χ4v) is 5.74. The normalized spacial score (nSPS) is 22.1. The second kappa shape index (κ2) is 23.2. The first-order valence-electron chi connectivity index (χ1n) is 16.5. The highest BCUT2D eigenvalue weighted by Crippen LogP contribution is 2.42. The maximum atomic E-state index is 15.5. The Morgan fingerprint density at radius 1 is 0.696 bits per heavy atom. The standard InChI is InChI=1S/C31H54FO13P/c1-5-6-7-8-9-10-11-12-13-14-15-16-17-18-19-20-26(36)40-21-25(32)27-28(41-22(2)33)29(42-23(3)34)30(43-24(4)35)31(44-27)45-46(37,38)39/h25,27-31H,5-21H2,1-4H3,(H2,37,38,39)/t25?,27-,28-,29+,30+,31+/m1/s1. The lowest BCUT2D eigenvalue weighted by Crippen LogP contribution is -2.64. The van der Waals surface area contributed by atoms with Crippen LogP contribution >= 0.6 is 7.82 Å². The third-order valence-corrected chi connectivity index (χ3v) is 7.91. The van der Waals surface area contributed by atoms with Gasteiger partial charge in [0.2, 0.25) is 6.29 Å². The van der Waals surface area contributed by atoms with Gasteiger partial charge in [-0.1, -0.05) is 96.8 Å². The molecule has 0 radical (unpaired) electrons. The Morgan fingerprint density at radius 2 is 1.11 bits per heavy atom. The monoisotopic (exact) mass is 684 g/mol. The average molecular weight is 685 g/mol. The molecule has 268 valence electrons. The highest BCUT2D eigenvalue weighted by molar-refractivity contribution is 7.46. The maximum absolute atomic E-state index is 15.5. The van der Waals surface area contributed by atoms with Crippen LogP contribution in [0.3, 0.4) is 0 Å². The first-order valence-corrected chi connectivity index (χ1v) is 18.0. The fourth-order valence-electron chi connectivity index (χ4n) is 5.30. The second-order valence-electron chi connectivity index (χ2n) is 11.7. The van der Waals surface area contributed by atoms with Crippen LogP contribution in [0.2, 0.25) is 0 Å². The number of esters is 4. The van der Waals surface area contributed by atoms with E-state index in [0.29, 0.717) is 6.42 Å². The fraction of sp³-hybridized carbons (Fsp3) is 0.871. The summed E-state index contributed by atoms with van der Waals surface area (Å²) in [7, 11) is -5.32. The van der Waals surface area contributed by atoms with E-state index in [0.717, 1.165) is 46.5 Å². The van der Waals surface area contributed by atoms with Crippen LogP contribution in [0.15, 0.2) is 0 Å². The summed E-state index contributed by atoms with van der Waals surface area (Å²) in [4.78, 5) is 66.4. The average Bonchev–Trinajstić information content (AvgIpc) is 2.95. The Morgan fingerprint density at radius 3 is 1.54 bits per heavy atom. The number of phosphoric ester groups is 1. The molecule has 15 heteroatoms. The van der Waals surface area contributed by atoms with Gasteiger partial charge in [-0.05, 0) is 6.42 Å². The van der Waals surface area contributed by atoms with Crippen molar-refractivity contribution < 1.29 is 66.1 Å². The van der Waals surface area contributed by atoms with Crippen molar-refractivity contribution in [1.82, 2.24) is 0 Å². The molecule has 13 nitrogen and oxygen atoms in total. The summed E-state index contributed by atoms with van der Waals surface area (Å²) in [5.41, 5.74) is 0. The van der Waals surface area contributed by atoms with Crippen molar-refractivity contribution in [2.24, 2.45) is 0 Å².